The zero-order chi connectivity index (χ0) is 19.8. The number of nitrogens with one attached hydrogen (secondary N) is 2. The lowest BCUT2D eigenvalue weighted by Gasteiger charge is -2.06. The number of amides is 2. The summed E-state index contributed by atoms with van der Waals surface area (Å²) in [4.78, 5) is 12.2. The van der Waals surface area contributed by atoms with Gasteiger partial charge in [-0.15, -0.1) is 10.2 Å². The molecule has 0 spiro atoms. The van der Waals surface area contributed by atoms with Crippen LogP contribution in [-0.4, -0.2) is 29.9 Å². The van der Waals surface area contributed by atoms with Gasteiger partial charge in [-0.2, -0.15) is 0 Å². The van der Waals surface area contributed by atoms with Crippen LogP contribution in [0.4, 0.5) is 15.6 Å². The zero-order valence-corrected chi connectivity index (χ0v) is 16.6. The SMILES string of the molecule is CCCCOc1cccc(-c2nnc(NC(=O)Nc3cccc(OC)c3)s2)c1. The van der Waals surface area contributed by atoms with Crippen LogP contribution < -0.4 is 20.1 Å². The highest BCUT2D eigenvalue weighted by Gasteiger charge is 2.11. The van der Waals surface area contributed by atoms with Crippen molar-refractivity contribution in [1.29, 1.82) is 0 Å². The third kappa shape index (κ3) is 5.43. The van der Waals surface area contributed by atoms with Crippen LogP contribution in [0.3, 0.4) is 0 Å². The first-order valence-corrected chi connectivity index (χ1v) is 9.78. The maximum absolute atomic E-state index is 12.2. The molecule has 0 radical (unpaired) electrons. The minimum Gasteiger partial charge on any atom is -0.497 e. The highest BCUT2D eigenvalue weighted by Crippen LogP contribution is 2.29. The fourth-order valence-corrected chi connectivity index (χ4v) is 3.14. The van der Waals surface area contributed by atoms with E-state index in [9.17, 15) is 4.79 Å². The molecular formula is C20H22N4O3S. The molecule has 0 bridgehead atoms. The van der Waals surface area contributed by atoms with E-state index in [2.05, 4.69) is 27.8 Å². The third-order valence-corrected chi connectivity index (χ3v) is 4.71. The number of aromatic nitrogens is 2. The Balaban J connectivity index is 1.62. The molecule has 0 fully saturated rings. The summed E-state index contributed by atoms with van der Waals surface area (Å²) >= 11 is 1.30. The summed E-state index contributed by atoms with van der Waals surface area (Å²) in [5.74, 6) is 1.46. The monoisotopic (exact) mass is 398 g/mol. The van der Waals surface area contributed by atoms with E-state index in [4.69, 9.17) is 9.47 Å². The van der Waals surface area contributed by atoms with E-state index in [0.717, 1.165) is 24.2 Å². The van der Waals surface area contributed by atoms with Crippen LogP contribution in [0.1, 0.15) is 19.8 Å². The molecule has 0 saturated carbocycles. The quantitative estimate of drug-likeness (QED) is 0.520. The number of benzene rings is 2. The van der Waals surface area contributed by atoms with Crippen molar-refractivity contribution >= 4 is 28.2 Å². The van der Waals surface area contributed by atoms with Gasteiger partial charge >= 0.3 is 6.03 Å². The van der Waals surface area contributed by atoms with E-state index in [1.165, 1.54) is 11.3 Å². The van der Waals surface area contributed by atoms with Gasteiger partial charge in [0.15, 0.2) is 0 Å². The highest BCUT2D eigenvalue weighted by atomic mass is 32.1. The smallest absolute Gasteiger partial charge is 0.325 e. The van der Waals surface area contributed by atoms with E-state index in [1.54, 1.807) is 31.4 Å². The first kappa shape index (κ1) is 19.6. The molecule has 8 heteroatoms. The number of hydrogen-bond acceptors (Lipinski definition) is 6. The number of ether oxygens (including phenoxy) is 2. The first-order chi connectivity index (χ1) is 13.7. The van der Waals surface area contributed by atoms with Gasteiger partial charge in [0.2, 0.25) is 5.13 Å². The molecule has 7 nitrogen and oxygen atoms in total. The van der Waals surface area contributed by atoms with Gasteiger partial charge in [-0.05, 0) is 30.7 Å². The number of unbranched alkanes of at least 4 members (excludes halogenated alkanes) is 1. The molecule has 0 aliphatic heterocycles. The predicted octanol–water partition coefficient (Wildman–Crippen LogP) is 5.04. The largest absolute Gasteiger partial charge is 0.497 e. The Morgan fingerprint density at radius 2 is 1.89 bits per heavy atom. The standard InChI is InChI=1S/C20H22N4O3S/c1-3-4-11-27-17-10-5-7-14(12-17)18-23-24-20(28-18)22-19(25)21-15-8-6-9-16(13-15)26-2/h5-10,12-13H,3-4,11H2,1-2H3,(H2,21,22,24,25). The average Bonchev–Trinajstić information content (AvgIpc) is 3.17. The van der Waals surface area contributed by atoms with Crippen molar-refractivity contribution in [3.8, 4) is 22.1 Å². The van der Waals surface area contributed by atoms with Crippen molar-refractivity contribution in [3.05, 3.63) is 48.5 Å². The van der Waals surface area contributed by atoms with E-state index in [-0.39, 0.29) is 0 Å². The molecule has 146 valence electrons. The maximum atomic E-state index is 12.2. The van der Waals surface area contributed by atoms with Crippen LogP contribution in [0.2, 0.25) is 0 Å². The summed E-state index contributed by atoms with van der Waals surface area (Å²) < 4.78 is 10.9. The molecule has 0 saturated heterocycles. The Labute approximate surface area is 167 Å². The molecule has 3 rings (SSSR count). The Bertz CT molecular complexity index is 929. The summed E-state index contributed by atoms with van der Waals surface area (Å²) in [5, 5.41) is 14.8. The van der Waals surface area contributed by atoms with Gasteiger partial charge in [0.05, 0.1) is 13.7 Å². The Morgan fingerprint density at radius 1 is 1.07 bits per heavy atom. The number of carbonyl (C=O) groups is 1. The molecule has 3 aromatic rings. The molecule has 2 aromatic carbocycles. The van der Waals surface area contributed by atoms with Crippen LogP contribution in [0.15, 0.2) is 48.5 Å². The molecule has 2 amide bonds. The van der Waals surface area contributed by atoms with Gasteiger partial charge in [-0.25, -0.2) is 4.79 Å². The normalized spacial score (nSPS) is 10.4. The van der Waals surface area contributed by atoms with Gasteiger partial charge in [-0.1, -0.05) is 42.9 Å². The second kappa shape index (κ2) is 9.70. The summed E-state index contributed by atoms with van der Waals surface area (Å²) in [7, 11) is 1.58. The van der Waals surface area contributed by atoms with Crippen LogP contribution in [0, 0.1) is 0 Å². The number of methoxy groups -OCH3 is 1. The number of anilines is 2. The minimum absolute atomic E-state index is 0.396. The van der Waals surface area contributed by atoms with Gasteiger partial charge in [0.1, 0.15) is 16.5 Å². The predicted molar refractivity (Wildman–Crippen MR) is 111 cm³/mol. The van der Waals surface area contributed by atoms with Crippen molar-refractivity contribution in [1.82, 2.24) is 10.2 Å². The van der Waals surface area contributed by atoms with Crippen molar-refractivity contribution in [2.75, 3.05) is 24.4 Å². The fourth-order valence-electron chi connectivity index (χ4n) is 2.40. The lowest BCUT2D eigenvalue weighted by atomic mass is 10.2. The highest BCUT2D eigenvalue weighted by molar-refractivity contribution is 7.18. The molecule has 2 N–H and O–H groups in total. The van der Waals surface area contributed by atoms with E-state index >= 15 is 0 Å². The van der Waals surface area contributed by atoms with Crippen molar-refractivity contribution < 1.29 is 14.3 Å². The lowest BCUT2D eigenvalue weighted by Crippen LogP contribution is -2.19. The van der Waals surface area contributed by atoms with Crippen molar-refractivity contribution in [2.24, 2.45) is 0 Å². The molecule has 0 atom stereocenters. The van der Waals surface area contributed by atoms with Gasteiger partial charge < -0.3 is 14.8 Å². The number of nitrogens with zero attached hydrogens (tertiary/aromatic N) is 2. The number of urea groups is 1. The summed E-state index contributed by atoms with van der Waals surface area (Å²) in [6.45, 7) is 2.81. The Hall–Kier alpha value is -3.13. The maximum Gasteiger partial charge on any atom is 0.325 e. The zero-order valence-electron chi connectivity index (χ0n) is 15.8. The van der Waals surface area contributed by atoms with Crippen molar-refractivity contribution in [3.63, 3.8) is 0 Å². The van der Waals surface area contributed by atoms with Crippen LogP contribution in [-0.2, 0) is 0 Å². The molecule has 0 aliphatic rings. The lowest BCUT2D eigenvalue weighted by molar-refractivity contribution is 0.262. The molecule has 1 heterocycles. The third-order valence-electron chi connectivity index (χ3n) is 3.82. The second-order valence-corrected chi connectivity index (χ2v) is 6.93. The van der Waals surface area contributed by atoms with Crippen molar-refractivity contribution in [2.45, 2.75) is 19.8 Å². The number of hydrogen-bond donors (Lipinski definition) is 2. The van der Waals surface area contributed by atoms with E-state index in [0.29, 0.717) is 28.2 Å². The molecular weight excluding hydrogens is 376 g/mol. The Kier molecular flexibility index (Phi) is 6.80. The van der Waals surface area contributed by atoms with Crippen LogP contribution in [0.25, 0.3) is 10.6 Å². The topological polar surface area (TPSA) is 85.4 Å². The first-order valence-electron chi connectivity index (χ1n) is 8.96. The summed E-state index contributed by atoms with van der Waals surface area (Å²) in [6.07, 6.45) is 2.10. The van der Waals surface area contributed by atoms with Gasteiger partial charge in [0.25, 0.3) is 0 Å². The molecule has 0 unspecified atom stereocenters. The molecule has 28 heavy (non-hydrogen) atoms. The number of rotatable bonds is 8. The van der Waals surface area contributed by atoms with E-state index < -0.39 is 6.03 Å². The van der Waals surface area contributed by atoms with Crippen LogP contribution in [0.5, 0.6) is 11.5 Å². The average molecular weight is 398 g/mol. The molecule has 0 aliphatic carbocycles. The number of carbonyl (C=O) groups excluding carboxylic acids is 1. The van der Waals surface area contributed by atoms with Gasteiger partial charge in [-0.3, -0.25) is 5.32 Å². The van der Waals surface area contributed by atoms with E-state index in [1.807, 2.05) is 24.3 Å². The van der Waals surface area contributed by atoms with Crippen LogP contribution >= 0.6 is 11.3 Å². The fraction of sp³-hybridized carbons (Fsp3) is 0.250. The summed E-state index contributed by atoms with van der Waals surface area (Å²) in [6, 6.07) is 14.4. The summed E-state index contributed by atoms with van der Waals surface area (Å²) in [5.41, 5.74) is 1.52. The second-order valence-electron chi connectivity index (χ2n) is 5.95. The molecule has 1 aromatic heterocycles. The Morgan fingerprint density at radius 3 is 2.71 bits per heavy atom. The minimum atomic E-state index is -0.396. The van der Waals surface area contributed by atoms with Gasteiger partial charge in [0, 0.05) is 17.3 Å².